The van der Waals surface area contributed by atoms with Gasteiger partial charge in [-0.1, -0.05) is 36.9 Å². The first-order valence-electron chi connectivity index (χ1n) is 8.64. The lowest BCUT2D eigenvalue weighted by atomic mass is 9.88. The number of esters is 1. The lowest BCUT2D eigenvalue weighted by Gasteiger charge is -2.57. The molecule has 0 amide bonds. The molecule has 0 radical (unpaired) electrons. The van der Waals surface area contributed by atoms with Crippen LogP contribution >= 0.6 is 0 Å². The maximum atomic E-state index is 11.8. The first kappa shape index (κ1) is 23.7. The molecule has 3 nitrogen and oxygen atoms in total. The molecule has 0 unspecified atom stereocenters. The van der Waals surface area contributed by atoms with Gasteiger partial charge in [-0.3, -0.25) is 0 Å². The maximum Gasteiger partial charge on any atom is 0.333 e. The third kappa shape index (κ3) is 5.86. The molecule has 0 aliphatic rings. The third-order valence-electron chi connectivity index (χ3n) is 4.92. The fourth-order valence-electron chi connectivity index (χ4n) is 3.54. The molecule has 0 aromatic heterocycles. The molecule has 0 heterocycles. The second kappa shape index (κ2) is 8.86. The van der Waals surface area contributed by atoms with Crippen LogP contribution in [0.1, 0.15) is 54.0 Å². The van der Waals surface area contributed by atoms with Crippen LogP contribution in [0.3, 0.4) is 0 Å². The zero-order valence-corrected chi connectivity index (χ0v) is 17.6. The van der Waals surface area contributed by atoms with Crippen LogP contribution < -0.4 is 12.4 Å². The van der Waals surface area contributed by atoms with E-state index in [0.29, 0.717) is 12.2 Å². The average Bonchev–Trinajstić information content (AvgIpc) is 2.44. The van der Waals surface area contributed by atoms with E-state index in [1.54, 1.807) is 6.92 Å². The minimum atomic E-state index is -0.310. The number of ether oxygens (including phenoxy) is 1. The minimum absolute atomic E-state index is 0. The highest BCUT2D eigenvalue weighted by atomic mass is 35.5. The Morgan fingerprint density at radius 3 is 1.92 bits per heavy atom. The van der Waals surface area contributed by atoms with Gasteiger partial charge >= 0.3 is 5.97 Å². The van der Waals surface area contributed by atoms with Crippen LogP contribution in [-0.4, -0.2) is 34.7 Å². The quantitative estimate of drug-likeness (QED) is 0.435. The molecule has 1 aromatic rings. The topological polar surface area (TPSA) is 26.3 Å². The molecular weight excluding hydrogens is 334 g/mol. The summed E-state index contributed by atoms with van der Waals surface area (Å²) in [6.45, 7) is 21.0. The van der Waals surface area contributed by atoms with Gasteiger partial charge in [0.1, 0.15) is 19.7 Å². The molecule has 4 heteroatoms. The molecule has 0 saturated carbocycles. The van der Waals surface area contributed by atoms with Gasteiger partial charge in [0.05, 0.1) is 11.1 Å². The normalized spacial score (nSPS) is 12.3. The number of hydrogen-bond donors (Lipinski definition) is 0. The van der Waals surface area contributed by atoms with Crippen molar-refractivity contribution < 1.29 is 26.4 Å². The SMILES string of the molecule is C=C(C)C(=O)OCC[N+](Cc1ccccc1)(C(C)(C)C)C(C)(C)C.[Cl-]. The van der Waals surface area contributed by atoms with Crippen molar-refractivity contribution in [2.75, 3.05) is 13.2 Å². The lowest BCUT2D eigenvalue weighted by Crippen LogP contribution is -3.00. The lowest BCUT2D eigenvalue weighted by molar-refractivity contribution is -1.02. The summed E-state index contributed by atoms with van der Waals surface area (Å²) in [5.41, 5.74) is 1.75. The predicted molar refractivity (Wildman–Crippen MR) is 101 cm³/mol. The van der Waals surface area contributed by atoms with Gasteiger partial charge in [-0.25, -0.2) is 4.79 Å². The van der Waals surface area contributed by atoms with Gasteiger partial charge < -0.3 is 21.6 Å². The summed E-state index contributed by atoms with van der Waals surface area (Å²) in [6, 6.07) is 10.5. The van der Waals surface area contributed by atoms with Crippen molar-refractivity contribution >= 4 is 5.97 Å². The summed E-state index contributed by atoms with van der Waals surface area (Å²) in [5.74, 6) is -0.310. The van der Waals surface area contributed by atoms with Crippen LogP contribution in [-0.2, 0) is 16.1 Å². The molecule has 0 spiro atoms. The summed E-state index contributed by atoms with van der Waals surface area (Å²) in [7, 11) is 0. The van der Waals surface area contributed by atoms with E-state index in [9.17, 15) is 4.79 Å². The van der Waals surface area contributed by atoms with E-state index in [1.807, 2.05) is 6.07 Å². The largest absolute Gasteiger partial charge is 1.00 e. The van der Waals surface area contributed by atoms with Gasteiger partial charge in [-0.15, -0.1) is 0 Å². The smallest absolute Gasteiger partial charge is 0.333 e. The van der Waals surface area contributed by atoms with Crippen molar-refractivity contribution in [3.05, 3.63) is 48.0 Å². The Balaban J connectivity index is 0.00000576. The Labute approximate surface area is 160 Å². The highest BCUT2D eigenvalue weighted by Crippen LogP contribution is 2.37. The van der Waals surface area contributed by atoms with E-state index in [1.165, 1.54) is 5.56 Å². The molecule has 0 bridgehead atoms. The number of benzene rings is 1. The van der Waals surface area contributed by atoms with Crippen LogP contribution in [0.4, 0.5) is 0 Å². The maximum absolute atomic E-state index is 11.8. The molecule has 0 aliphatic heterocycles. The summed E-state index contributed by atoms with van der Waals surface area (Å²) < 4.78 is 6.26. The van der Waals surface area contributed by atoms with Crippen LogP contribution in [0.25, 0.3) is 0 Å². The molecular formula is C21H34ClNO2. The Morgan fingerprint density at radius 1 is 1.04 bits per heavy atom. The molecule has 1 aromatic carbocycles. The first-order valence-corrected chi connectivity index (χ1v) is 8.64. The van der Waals surface area contributed by atoms with Crippen LogP contribution in [0, 0.1) is 0 Å². The minimum Gasteiger partial charge on any atom is -1.00 e. The Kier molecular flexibility index (Phi) is 8.40. The van der Waals surface area contributed by atoms with E-state index in [4.69, 9.17) is 4.74 Å². The molecule has 0 fully saturated rings. The summed E-state index contributed by atoms with van der Waals surface area (Å²) in [4.78, 5) is 11.8. The molecule has 0 N–H and O–H groups in total. The highest BCUT2D eigenvalue weighted by Gasteiger charge is 2.49. The zero-order valence-electron chi connectivity index (χ0n) is 16.9. The Bertz CT molecular complexity index is 554. The van der Waals surface area contributed by atoms with Gasteiger partial charge in [0.25, 0.3) is 0 Å². The second-order valence-corrected chi connectivity index (χ2v) is 8.59. The van der Waals surface area contributed by atoms with E-state index in [0.717, 1.165) is 17.6 Å². The monoisotopic (exact) mass is 367 g/mol. The standard InChI is InChI=1S/C21H34NO2.ClH/c1-17(2)19(23)24-15-14-22(20(3,4)5,21(6,7)8)16-18-12-10-9-11-13-18;/h9-13H,1,14-16H2,2-8H3;1H/q+1;/p-1. The van der Waals surface area contributed by atoms with Crippen LogP contribution in [0.5, 0.6) is 0 Å². The average molecular weight is 368 g/mol. The zero-order chi connectivity index (χ0) is 18.6. The molecule has 142 valence electrons. The Hall–Kier alpha value is -1.32. The van der Waals surface area contributed by atoms with Gasteiger partial charge in [0.15, 0.2) is 0 Å². The summed E-state index contributed by atoms with van der Waals surface area (Å²) in [6.07, 6.45) is 0. The van der Waals surface area contributed by atoms with Gasteiger partial charge in [-0.05, 0) is 48.5 Å². The number of rotatable bonds is 6. The number of halogens is 1. The molecule has 25 heavy (non-hydrogen) atoms. The van der Waals surface area contributed by atoms with Gasteiger partial charge in [0.2, 0.25) is 0 Å². The highest BCUT2D eigenvalue weighted by molar-refractivity contribution is 5.86. The van der Waals surface area contributed by atoms with Crippen LogP contribution in [0.2, 0.25) is 0 Å². The van der Waals surface area contributed by atoms with Crippen molar-refractivity contribution in [2.24, 2.45) is 0 Å². The first-order chi connectivity index (χ1) is 10.9. The number of carbonyl (C=O) groups excluding carboxylic acids is 1. The second-order valence-electron chi connectivity index (χ2n) is 8.59. The third-order valence-corrected chi connectivity index (χ3v) is 4.92. The molecule has 0 aliphatic carbocycles. The van der Waals surface area contributed by atoms with E-state index < -0.39 is 0 Å². The van der Waals surface area contributed by atoms with Crippen molar-refractivity contribution in [3.63, 3.8) is 0 Å². The number of nitrogens with zero attached hydrogens (tertiary/aromatic N) is 1. The van der Waals surface area contributed by atoms with Crippen molar-refractivity contribution in [3.8, 4) is 0 Å². The fraction of sp³-hybridized carbons (Fsp3) is 0.571. The van der Waals surface area contributed by atoms with Crippen molar-refractivity contribution in [1.29, 1.82) is 0 Å². The molecule has 0 atom stereocenters. The van der Waals surface area contributed by atoms with E-state index in [2.05, 4.69) is 72.4 Å². The molecule has 0 saturated heterocycles. The fourth-order valence-corrected chi connectivity index (χ4v) is 3.54. The Morgan fingerprint density at radius 2 is 1.52 bits per heavy atom. The molecule has 1 rings (SSSR count). The number of quaternary nitrogens is 1. The van der Waals surface area contributed by atoms with E-state index in [-0.39, 0.29) is 29.5 Å². The number of carbonyl (C=O) groups is 1. The number of hydrogen-bond acceptors (Lipinski definition) is 2. The van der Waals surface area contributed by atoms with E-state index >= 15 is 0 Å². The van der Waals surface area contributed by atoms with Crippen molar-refractivity contribution in [2.45, 2.75) is 66.1 Å². The summed E-state index contributed by atoms with van der Waals surface area (Å²) in [5, 5.41) is 0. The van der Waals surface area contributed by atoms with Crippen LogP contribution in [0.15, 0.2) is 42.5 Å². The van der Waals surface area contributed by atoms with Gasteiger partial charge in [0, 0.05) is 11.1 Å². The predicted octanol–water partition coefficient (Wildman–Crippen LogP) is 1.72. The van der Waals surface area contributed by atoms with Gasteiger partial charge in [-0.2, -0.15) is 0 Å². The van der Waals surface area contributed by atoms with Crippen molar-refractivity contribution in [1.82, 2.24) is 0 Å². The summed E-state index contributed by atoms with van der Waals surface area (Å²) >= 11 is 0.